The van der Waals surface area contributed by atoms with Gasteiger partial charge in [0.15, 0.2) is 0 Å². The molecule has 0 aromatic heterocycles. The van der Waals surface area contributed by atoms with E-state index < -0.39 is 34.7 Å². The molecule has 0 radical (unpaired) electrons. The predicted molar refractivity (Wildman–Crippen MR) is 81.3 cm³/mol. The summed E-state index contributed by atoms with van der Waals surface area (Å²) in [4.78, 5) is 36.2. The number of fused-ring (bicyclic) bond motifs is 2. The van der Waals surface area contributed by atoms with Gasteiger partial charge in [0.05, 0.1) is 11.3 Å². The first kappa shape index (κ1) is 17.8. The third kappa shape index (κ3) is 3.51. The number of carbonyl (C=O) groups is 3. The number of hydrogen-bond acceptors (Lipinski definition) is 6. The molecule has 6 heteroatoms. The second-order valence-electron chi connectivity index (χ2n) is 8.26. The first-order valence-electron chi connectivity index (χ1n) is 8.02. The molecule has 0 N–H and O–H groups in total. The minimum absolute atomic E-state index is 0.0957. The molecule has 1 saturated carbocycles. The molecule has 2 rings (SSSR count). The van der Waals surface area contributed by atoms with Gasteiger partial charge in [0.1, 0.15) is 11.7 Å². The monoisotopic (exact) mass is 326 g/mol. The van der Waals surface area contributed by atoms with Crippen LogP contribution in [-0.2, 0) is 28.6 Å². The van der Waals surface area contributed by atoms with Crippen LogP contribution in [0.3, 0.4) is 0 Å². The third-order valence-electron chi connectivity index (χ3n) is 4.48. The molecule has 1 saturated heterocycles. The summed E-state index contributed by atoms with van der Waals surface area (Å²) in [6, 6.07) is 0. The van der Waals surface area contributed by atoms with Crippen LogP contribution in [0.2, 0.25) is 0 Å². The second-order valence-corrected chi connectivity index (χ2v) is 8.26. The maximum absolute atomic E-state index is 12.5. The summed E-state index contributed by atoms with van der Waals surface area (Å²) in [6.45, 7) is 9.96. The molecule has 1 heterocycles. The Kier molecular flexibility index (Phi) is 4.24. The van der Waals surface area contributed by atoms with E-state index >= 15 is 0 Å². The summed E-state index contributed by atoms with van der Waals surface area (Å²) in [5.41, 5.74) is -2.87. The van der Waals surface area contributed by atoms with E-state index in [-0.39, 0.29) is 11.9 Å². The molecule has 2 fully saturated rings. The van der Waals surface area contributed by atoms with Crippen LogP contribution in [0, 0.1) is 11.3 Å². The lowest BCUT2D eigenvalue weighted by Gasteiger charge is -2.36. The molecule has 1 aliphatic carbocycles. The summed E-state index contributed by atoms with van der Waals surface area (Å²) in [7, 11) is 0. The highest BCUT2D eigenvalue weighted by molar-refractivity contribution is 5.84. The highest BCUT2D eigenvalue weighted by Gasteiger charge is 2.54. The van der Waals surface area contributed by atoms with Crippen LogP contribution in [-0.4, -0.2) is 35.2 Å². The fourth-order valence-corrected chi connectivity index (χ4v) is 2.88. The summed E-state index contributed by atoms with van der Waals surface area (Å²) >= 11 is 0. The van der Waals surface area contributed by atoms with Gasteiger partial charge in [0.25, 0.3) is 0 Å². The predicted octanol–water partition coefficient (Wildman–Crippen LogP) is 2.38. The van der Waals surface area contributed by atoms with E-state index in [0.717, 1.165) is 0 Å². The van der Waals surface area contributed by atoms with Gasteiger partial charge in [-0.15, -0.1) is 0 Å². The molecule has 2 aliphatic rings. The lowest BCUT2D eigenvalue weighted by molar-refractivity contribution is -0.196. The molecule has 0 aromatic carbocycles. The van der Waals surface area contributed by atoms with Crippen molar-refractivity contribution in [1.29, 1.82) is 0 Å². The Balaban J connectivity index is 2.03. The minimum atomic E-state index is -1.39. The van der Waals surface area contributed by atoms with Gasteiger partial charge in [0.2, 0.25) is 5.60 Å². The van der Waals surface area contributed by atoms with E-state index in [0.29, 0.717) is 19.3 Å². The molecule has 130 valence electrons. The molecular weight excluding hydrogens is 300 g/mol. The number of carbonyl (C=O) groups excluding carboxylic acids is 3. The Morgan fingerprint density at radius 2 is 1.74 bits per heavy atom. The maximum atomic E-state index is 12.5. The van der Waals surface area contributed by atoms with E-state index in [1.165, 1.54) is 13.8 Å². The molecule has 6 nitrogen and oxygen atoms in total. The van der Waals surface area contributed by atoms with Gasteiger partial charge in [0, 0.05) is 6.42 Å². The van der Waals surface area contributed by atoms with Gasteiger partial charge in [-0.2, -0.15) is 0 Å². The molecule has 0 spiro atoms. The van der Waals surface area contributed by atoms with Crippen molar-refractivity contribution in [3.63, 3.8) is 0 Å². The molecule has 3 atom stereocenters. The summed E-state index contributed by atoms with van der Waals surface area (Å²) in [5.74, 6) is -1.41. The maximum Gasteiger partial charge on any atom is 0.350 e. The van der Waals surface area contributed by atoms with Gasteiger partial charge in [-0.25, -0.2) is 4.79 Å². The number of ether oxygens (including phenoxy) is 3. The van der Waals surface area contributed by atoms with Crippen molar-refractivity contribution >= 4 is 17.9 Å². The Morgan fingerprint density at radius 1 is 1.13 bits per heavy atom. The van der Waals surface area contributed by atoms with Crippen LogP contribution in [0.4, 0.5) is 0 Å². The van der Waals surface area contributed by atoms with Crippen molar-refractivity contribution < 1.29 is 28.6 Å². The molecule has 2 bridgehead atoms. The van der Waals surface area contributed by atoms with Gasteiger partial charge in [-0.1, -0.05) is 0 Å². The zero-order valence-electron chi connectivity index (χ0n) is 14.7. The number of hydrogen-bond donors (Lipinski definition) is 0. The zero-order valence-corrected chi connectivity index (χ0v) is 14.7. The van der Waals surface area contributed by atoms with Crippen LogP contribution in [0.1, 0.15) is 60.8 Å². The largest absolute Gasteiger partial charge is 0.455 e. The summed E-state index contributed by atoms with van der Waals surface area (Å²) in [5, 5.41) is 0. The first-order chi connectivity index (χ1) is 10.3. The van der Waals surface area contributed by atoms with Crippen molar-refractivity contribution in [2.45, 2.75) is 78.1 Å². The van der Waals surface area contributed by atoms with Crippen LogP contribution >= 0.6 is 0 Å². The molecule has 3 unspecified atom stereocenters. The van der Waals surface area contributed by atoms with E-state index in [4.69, 9.17) is 14.2 Å². The molecule has 1 aliphatic heterocycles. The van der Waals surface area contributed by atoms with Gasteiger partial charge in [-0.3, -0.25) is 9.59 Å². The highest BCUT2D eigenvalue weighted by Crippen LogP contribution is 2.44. The van der Waals surface area contributed by atoms with Crippen LogP contribution < -0.4 is 0 Å². The number of rotatable bonds is 3. The lowest BCUT2D eigenvalue weighted by Crippen LogP contribution is -2.49. The van der Waals surface area contributed by atoms with Crippen molar-refractivity contribution in [2.24, 2.45) is 11.3 Å². The fourth-order valence-electron chi connectivity index (χ4n) is 2.88. The van der Waals surface area contributed by atoms with E-state index in [2.05, 4.69) is 0 Å². The van der Waals surface area contributed by atoms with Crippen LogP contribution in [0.15, 0.2) is 0 Å². The van der Waals surface area contributed by atoms with Gasteiger partial charge >= 0.3 is 17.9 Å². The van der Waals surface area contributed by atoms with Crippen molar-refractivity contribution in [3.05, 3.63) is 0 Å². The average Bonchev–Trinajstić information content (AvgIpc) is 2.62. The Labute approximate surface area is 136 Å². The number of esters is 3. The Hall–Kier alpha value is -1.59. The smallest absolute Gasteiger partial charge is 0.350 e. The van der Waals surface area contributed by atoms with Crippen molar-refractivity contribution in [1.82, 2.24) is 0 Å². The van der Waals surface area contributed by atoms with Crippen LogP contribution in [0.25, 0.3) is 0 Å². The standard InChI is InChI=1S/C17H26O6/c1-15(2,3)13(19)23-16(4,5)14(20)21-11-8-7-10-9-17(11,6)22-12(10)18/h10-11H,7-9H2,1-6H3. The molecule has 23 heavy (non-hydrogen) atoms. The molecule has 0 aromatic rings. The summed E-state index contributed by atoms with van der Waals surface area (Å²) < 4.78 is 16.3. The average molecular weight is 326 g/mol. The Morgan fingerprint density at radius 3 is 2.30 bits per heavy atom. The first-order valence-corrected chi connectivity index (χ1v) is 8.02. The molecule has 0 amide bonds. The van der Waals surface area contributed by atoms with Gasteiger partial charge in [-0.05, 0) is 54.4 Å². The van der Waals surface area contributed by atoms with E-state index in [1.54, 1.807) is 27.7 Å². The third-order valence-corrected chi connectivity index (χ3v) is 4.48. The van der Waals surface area contributed by atoms with Crippen molar-refractivity contribution in [3.8, 4) is 0 Å². The lowest BCUT2D eigenvalue weighted by atomic mass is 9.80. The Bertz CT molecular complexity index is 530. The SMILES string of the molecule is CC(C)(C)C(=O)OC(C)(C)C(=O)OC1CCC2CC1(C)OC2=O. The highest BCUT2D eigenvalue weighted by atomic mass is 16.6. The fraction of sp³-hybridized carbons (Fsp3) is 0.824. The second kappa shape index (κ2) is 5.49. The van der Waals surface area contributed by atoms with E-state index in [1.807, 2.05) is 0 Å². The zero-order chi connectivity index (χ0) is 17.6. The normalized spacial score (nSPS) is 30.6. The topological polar surface area (TPSA) is 78.9 Å². The summed E-state index contributed by atoms with van der Waals surface area (Å²) in [6.07, 6.45) is 1.27. The van der Waals surface area contributed by atoms with Crippen LogP contribution in [0.5, 0.6) is 0 Å². The minimum Gasteiger partial charge on any atom is -0.455 e. The quantitative estimate of drug-likeness (QED) is 0.585. The van der Waals surface area contributed by atoms with Crippen molar-refractivity contribution in [2.75, 3.05) is 0 Å². The van der Waals surface area contributed by atoms with Gasteiger partial charge < -0.3 is 14.2 Å². The molecular formula is C17H26O6. The van der Waals surface area contributed by atoms with E-state index in [9.17, 15) is 14.4 Å².